The van der Waals surface area contributed by atoms with E-state index in [9.17, 15) is 14.4 Å². The number of carbonyl (C=O) groups is 3. The number of para-hydroxylation sites is 2. The highest BCUT2D eigenvalue weighted by atomic mass is 35.5. The third-order valence-corrected chi connectivity index (χ3v) is 5.26. The maximum atomic E-state index is 12.8. The SMILES string of the molecule is CC(C)NC(=O)Nc1ccccc1NC(=O)c1ccc(Cl)c(NC(=O)c2cccs2)c1. The molecule has 0 radical (unpaired) electrons. The maximum absolute atomic E-state index is 12.8. The number of carbonyl (C=O) groups excluding carboxylic acids is 3. The molecule has 0 saturated carbocycles. The highest BCUT2D eigenvalue weighted by molar-refractivity contribution is 7.12. The summed E-state index contributed by atoms with van der Waals surface area (Å²) >= 11 is 7.50. The number of urea groups is 1. The van der Waals surface area contributed by atoms with Crippen LogP contribution < -0.4 is 21.3 Å². The van der Waals surface area contributed by atoms with Gasteiger partial charge in [-0.2, -0.15) is 0 Å². The van der Waals surface area contributed by atoms with Crippen LogP contribution in [-0.2, 0) is 0 Å². The Labute approximate surface area is 188 Å². The van der Waals surface area contributed by atoms with Crippen molar-refractivity contribution >= 4 is 57.8 Å². The second-order valence-electron chi connectivity index (χ2n) is 6.88. The van der Waals surface area contributed by atoms with Crippen LogP contribution in [0.1, 0.15) is 33.9 Å². The third kappa shape index (κ3) is 6.07. The van der Waals surface area contributed by atoms with Crippen molar-refractivity contribution < 1.29 is 14.4 Å². The van der Waals surface area contributed by atoms with Crippen LogP contribution in [-0.4, -0.2) is 23.9 Å². The fourth-order valence-electron chi connectivity index (χ4n) is 2.67. The van der Waals surface area contributed by atoms with Gasteiger partial charge in [0.1, 0.15) is 0 Å². The number of nitrogens with one attached hydrogen (secondary N) is 4. The molecule has 31 heavy (non-hydrogen) atoms. The predicted octanol–water partition coefficient (Wildman–Crippen LogP) is 5.44. The molecule has 0 fully saturated rings. The molecule has 0 aliphatic carbocycles. The Morgan fingerprint density at radius 1 is 0.839 bits per heavy atom. The van der Waals surface area contributed by atoms with E-state index in [-0.39, 0.29) is 18.0 Å². The largest absolute Gasteiger partial charge is 0.336 e. The minimum Gasteiger partial charge on any atom is -0.336 e. The van der Waals surface area contributed by atoms with Gasteiger partial charge in [-0.15, -0.1) is 11.3 Å². The van der Waals surface area contributed by atoms with Gasteiger partial charge in [-0.05, 0) is 55.6 Å². The summed E-state index contributed by atoms with van der Waals surface area (Å²) in [6.45, 7) is 3.70. The summed E-state index contributed by atoms with van der Waals surface area (Å²) in [7, 11) is 0. The van der Waals surface area contributed by atoms with Crippen molar-refractivity contribution in [2.75, 3.05) is 16.0 Å². The summed E-state index contributed by atoms with van der Waals surface area (Å²) in [4.78, 5) is 37.7. The fourth-order valence-corrected chi connectivity index (χ4v) is 3.45. The molecule has 0 spiro atoms. The molecule has 0 aliphatic heterocycles. The van der Waals surface area contributed by atoms with E-state index < -0.39 is 5.91 Å². The van der Waals surface area contributed by atoms with Crippen molar-refractivity contribution in [3.05, 3.63) is 75.4 Å². The van der Waals surface area contributed by atoms with Gasteiger partial charge in [-0.25, -0.2) is 4.79 Å². The van der Waals surface area contributed by atoms with E-state index in [1.54, 1.807) is 53.9 Å². The first-order chi connectivity index (χ1) is 14.8. The monoisotopic (exact) mass is 456 g/mol. The van der Waals surface area contributed by atoms with Crippen molar-refractivity contribution in [2.24, 2.45) is 0 Å². The first kappa shape index (κ1) is 22.3. The molecule has 2 aromatic carbocycles. The quantitative estimate of drug-likeness (QED) is 0.397. The molecular weight excluding hydrogens is 436 g/mol. The number of rotatable bonds is 6. The number of halogens is 1. The molecule has 9 heteroatoms. The molecule has 0 atom stereocenters. The van der Waals surface area contributed by atoms with Crippen LogP contribution in [0.3, 0.4) is 0 Å². The summed E-state index contributed by atoms with van der Waals surface area (Å²) in [5.41, 5.74) is 1.52. The van der Waals surface area contributed by atoms with Gasteiger partial charge in [-0.3, -0.25) is 9.59 Å². The molecule has 3 aromatic rings. The lowest BCUT2D eigenvalue weighted by Gasteiger charge is -2.15. The Hall–Kier alpha value is -3.36. The van der Waals surface area contributed by atoms with Gasteiger partial charge >= 0.3 is 6.03 Å². The molecule has 0 aliphatic rings. The first-order valence-electron chi connectivity index (χ1n) is 9.46. The second kappa shape index (κ2) is 10.1. The third-order valence-electron chi connectivity index (χ3n) is 4.06. The number of anilines is 3. The summed E-state index contributed by atoms with van der Waals surface area (Å²) in [5.74, 6) is -0.720. The molecule has 0 unspecified atom stereocenters. The van der Waals surface area contributed by atoms with E-state index in [0.717, 1.165) is 0 Å². The van der Waals surface area contributed by atoms with Crippen molar-refractivity contribution in [3.63, 3.8) is 0 Å². The number of amides is 4. The minimum absolute atomic E-state index is 0.0290. The molecule has 3 rings (SSSR count). The predicted molar refractivity (Wildman–Crippen MR) is 125 cm³/mol. The number of benzene rings is 2. The van der Waals surface area contributed by atoms with Gasteiger partial charge in [0.15, 0.2) is 0 Å². The zero-order chi connectivity index (χ0) is 22.4. The summed E-state index contributed by atoms with van der Waals surface area (Å²) in [6.07, 6.45) is 0. The smallest absolute Gasteiger partial charge is 0.319 e. The standard InChI is InChI=1S/C22H21ClN4O3S/c1-13(2)24-22(30)27-17-7-4-3-6-16(17)25-20(28)14-9-10-15(23)18(12-14)26-21(29)19-8-5-11-31-19/h3-13H,1-2H3,(H,25,28)(H,26,29)(H2,24,27,30). The summed E-state index contributed by atoms with van der Waals surface area (Å²) in [6, 6.07) is 14.5. The summed E-state index contributed by atoms with van der Waals surface area (Å²) in [5, 5.41) is 13.1. The molecule has 0 saturated heterocycles. The fraction of sp³-hybridized carbons (Fsp3) is 0.136. The highest BCUT2D eigenvalue weighted by Gasteiger charge is 2.15. The Morgan fingerprint density at radius 2 is 1.52 bits per heavy atom. The lowest BCUT2D eigenvalue weighted by Crippen LogP contribution is -2.34. The normalized spacial score (nSPS) is 10.5. The molecule has 160 valence electrons. The molecule has 7 nitrogen and oxygen atoms in total. The van der Waals surface area contributed by atoms with Crippen molar-refractivity contribution in [1.82, 2.24) is 5.32 Å². The van der Waals surface area contributed by atoms with E-state index >= 15 is 0 Å². The lowest BCUT2D eigenvalue weighted by molar-refractivity contribution is 0.101. The average Bonchev–Trinajstić information content (AvgIpc) is 3.25. The van der Waals surface area contributed by atoms with E-state index in [1.807, 2.05) is 13.8 Å². The van der Waals surface area contributed by atoms with Gasteiger partial charge in [0.25, 0.3) is 11.8 Å². The molecule has 4 N–H and O–H groups in total. The minimum atomic E-state index is -0.415. The van der Waals surface area contributed by atoms with Crippen LogP contribution >= 0.6 is 22.9 Å². The molecular formula is C22H21ClN4O3S. The van der Waals surface area contributed by atoms with Crippen molar-refractivity contribution in [1.29, 1.82) is 0 Å². The molecule has 1 aromatic heterocycles. The van der Waals surface area contributed by atoms with Crippen LogP contribution in [0.15, 0.2) is 60.0 Å². The highest BCUT2D eigenvalue weighted by Crippen LogP contribution is 2.26. The van der Waals surface area contributed by atoms with Crippen LogP contribution in [0.4, 0.5) is 21.9 Å². The van der Waals surface area contributed by atoms with Crippen LogP contribution in [0.5, 0.6) is 0 Å². The van der Waals surface area contributed by atoms with Gasteiger partial charge in [0.2, 0.25) is 0 Å². The van der Waals surface area contributed by atoms with E-state index in [0.29, 0.717) is 32.5 Å². The van der Waals surface area contributed by atoms with Crippen LogP contribution in [0.2, 0.25) is 5.02 Å². The van der Waals surface area contributed by atoms with Crippen LogP contribution in [0.25, 0.3) is 0 Å². The molecule has 0 bridgehead atoms. The zero-order valence-corrected chi connectivity index (χ0v) is 18.4. The Balaban J connectivity index is 1.75. The van der Waals surface area contributed by atoms with Gasteiger partial charge < -0.3 is 21.3 Å². The number of thiophene rings is 1. The van der Waals surface area contributed by atoms with Gasteiger partial charge in [0, 0.05) is 11.6 Å². The number of hydrogen-bond acceptors (Lipinski definition) is 4. The molecule has 4 amide bonds. The Kier molecular flexibility index (Phi) is 7.28. The molecule has 1 heterocycles. The van der Waals surface area contributed by atoms with E-state index in [1.165, 1.54) is 17.4 Å². The maximum Gasteiger partial charge on any atom is 0.319 e. The second-order valence-corrected chi connectivity index (χ2v) is 8.23. The van der Waals surface area contributed by atoms with Crippen molar-refractivity contribution in [3.8, 4) is 0 Å². The van der Waals surface area contributed by atoms with Gasteiger partial charge in [-0.1, -0.05) is 29.8 Å². The van der Waals surface area contributed by atoms with Crippen LogP contribution in [0, 0.1) is 0 Å². The topological polar surface area (TPSA) is 99.3 Å². The average molecular weight is 457 g/mol. The van der Waals surface area contributed by atoms with E-state index in [4.69, 9.17) is 11.6 Å². The zero-order valence-electron chi connectivity index (χ0n) is 16.9. The Bertz CT molecular complexity index is 1100. The lowest BCUT2D eigenvalue weighted by atomic mass is 10.1. The van der Waals surface area contributed by atoms with Crippen molar-refractivity contribution in [2.45, 2.75) is 19.9 Å². The number of hydrogen-bond donors (Lipinski definition) is 4. The van der Waals surface area contributed by atoms with Gasteiger partial charge in [0.05, 0.1) is 27.0 Å². The Morgan fingerprint density at radius 3 is 2.16 bits per heavy atom. The summed E-state index contributed by atoms with van der Waals surface area (Å²) < 4.78 is 0. The first-order valence-corrected chi connectivity index (χ1v) is 10.7. The van der Waals surface area contributed by atoms with E-state index in [2.05, 4.69) is 21.3 Å².